The van der Waals surface area contributed by atoms with Gasteiger partial charge >= 0.3 is 0 Å². The van der Waals surface area contributed by atoms with E-state index in [1.807, 2.05) is 13.8 Å². The minimum atomic E-state index is -0.545. The monoisotopic (exact) mass is 292 g/mol. The first-order valence-electron chi connectivity index (χ1n) is 6.66. The Morgan fingerprint density at radius 2 is 1.76 bits per heavy atom. The number of hydrogen-bond donors (Lipinski definition) is 2. The SMILES string of the molecule is Cc1cc(F)c(Nc2nc(C(C)C)nc(N)c2C)cc1F. The normalized spacial score (nSPS) is 11.0. The Morgan fingerprint density at radius 1 is 1.10 bits per heavy atom. The Kier molecular flexibility index (Phi) is 4.06. The van der Waals surface area contributed by atoms with Crippen LogP contribution >= 0.6 is 0 Å². The molecule has 1 aromatic carbocycles. The first kappa shape index (κ1) is 15.2. The fraction of sp³-hybridized carbons (Fsp3) is 0.333. The number of halogens is 2. The van der Waals surface area contributed by atoms with Crippen LogP contribution in [0.4, 0.5) is 26.1 Å². The van der Waals surface area contributed by atoms with Crippen molar-refractivity contribution in [3.63, 3.8) is 0 Å². The lowest BCUT2D eigenvalue weighted by Gasteiger charge is -2.14. The first-order chi connectivity index (χ1) is 9.79. The predicted molar refractivity (Wildman–Crippen MR) is 79.6 cm³/mol. The smallest absolute Gasteiger partial charge is 0.147 e. The summed E-state index contributed by atoms with van der Waals surface area (Å²) in [5.74, 6) is 0.304. The molecule has 4 nitrogen and oxygen atoms in total. The second kappa shape index (κ2) is 5.63. The van der Waals surface area contributed by atoms with Gasteiger partial charge in [0.2, 0.25) is 0 Å². The fourth-order valence-electron chi connectivity index (χ4n) is 1.80. The molecule has 0 aliphatic rings. The molecule has 2 rings (SSSR count). The highest BCUT2D eigenvalue weighted by Gasteiger charge is 2.14. The van der Waals surface area contributed by atoms with Crippen molar-refractivity contribution < 1.29 is 8.78 Å². The Balaban J connectivity index is 2.46. The van der Waals surface area contributed by atoms with Gasteiger partial charge in [0, 0.05) is 17.5 Å². The maximum Gasteiger partial charge on any atom is 0.147 e. The number of nitrogens with one attached hydrogen (secondary N) is 1. The molecule has 3 N–H and O–H groups in total. The molecule has 0 amide bonds. The van der Waals surface area contributed by atoms with Gasteiger partial charge in [-0.15, -0.1) is 0 Å². The molecule has 0 aliphatic carbocycles. The molecule has 1 aromatic heterocycles. The van der Waals surface area contributed by atoms with Crippen molar-refractivity contribution >= 4 is 17.3 Å². The van der Waals surface area contributed by atoms with Crippen molar-refractivity contribution in [3.8, 4) is 0 Å². The molecule has 0 atom stereocenters. The Hall–Kier alpha value is -2.24. The third kappa shape index (κ3) is 3.09. The van der Waals surface area contributed by atoms with Crippen LogP contribution in [0.3, 0.4) is 0 Å². The highest BCUT2D eigenvalue weighted by molar-refractivity contribution is 5.64. The lowest BCUT2D eigenvalue weighted by Crippen LogP contribution is -2.09. The molecule has 112 valence electrons. The number of anilines is 3. The van der Waals surface area contributed by atoms with Crippen molar-refractivity contribution in [1.29, 1.82) is 0 Å². The van der Waals surface area contributed by atoms with E-state index < -0.39 is 11.6 Å². The highest BCUT2D eigenvalue weighted by atomic mass is 19.1. The minimum Gasteiger partial charge on any atom is -0.383 e. The van der Waals surface area contributed by atoms with E-state index in [9.17, 15) is 8.78 Å². The molecule has 6 heteroatoms. The lowest BCUT2D eigenvalue weighted by molar-refractivity contribution is 0.595. The average Bonchev–Trinajstić information content (AvgIpc) is 2.40. The van der Waals surface area contributed by atoms with Gasteiger partial charge in [-0.3, -0.25) is 0 Å². The van der Waals surface area contributed by atoms with Crippen LogP contribution in [0.1, 0.15) is 36.7 Å². The van der Waals surface area contributed by atoms with Crippen LogP contribution in [0.15, 0.2) is 12.1 Å². The number of nitrogen functional groups attached to an aromatic ring is 1. The molecule has 0 saturated carbocycles. The van der Waals surface area contributed by atoms with Gasteiger partial charge in [0.15, 0.2) is 0 Å². The molecule has 0 saturated heterocycles. The Labute approximate surface area is 122 Å². The van der Waals surface area contributed by atoms with Gasteiger partial charge in [-0.1, -0.05) is 13.8 Å². The summed E-state index contributed by atoms with van der Waals surface area (Å²) in [7, 11) is 0. The summed E-state index contributed by atoms with van der Waals surface area (Å²) in [5.41, 5.74) is 6.72. The standard InChI is InChI=1S/C15H18F2N4/c1-7(2)14-20-13(18)9(4)15(21-14)19-12-6-10(16)8(3)5-11(12)17/h5-7H,1-4H3,(H3,18,19,20,21). The Bertz CT molecular complexity index is 684. The quantitative estimate of drug-likeness (QED) is 0.902. The molecule has 0 bridgehead atoms. The third-order valence-electron chi connectivity index (χ3n) is 3.22. The summed E-state index contributed by atoms with van der Waals surface area (Å²) in [6, 6.07) is 2.25. The number of nitrogens with two attached hydrogens (primary N) is 1. The zero-order chi connectivity index (χ0) is 15.7. The van der Waals surface area contributed by atoms with Gasteiger partial charge in [-0.05, 0) is 25.5 Å². The van der Waals surface area contributed by atoms with Crippen LogP contribution in [-0.4, -0.2) is 9.97 Å². The highest BCUT2D eigenvalue weighted by Crippen LogP contribution is 2.27. The molecule has 1 heterocycles. The van der Waals surface area contributed by atoms with Crippen LogP contribution in [0.25, 0.3) is 0 Å². The van der Waals surface area contributed by atoms with E-state index in [0.29, 0.717) is 23.0 Å². The number of aromatic nitrogens is 2. The summed E-state index contributed by atoms with van der Waals surface area (Å²) in [6.07, 6.45) is 0. The van der Waals surface area contributed by atoms with E-state index in [1.165, 1.54) is 6.92 Å². The summed E-state index contributed by atoms with van der Waals surface area (Å²) in [4.78, 5) is 8.52. The van der Waals surface area contributed by atoms with Gasteiger partial charge in [0.1, 0.15) is 29.1 Å². The second-order valence-electron chi connectivity index (χ2n) is 5.30. The van der Waals surface area contributed by atoms with Gasteiger partial charge < -0.3 is 11.1 Å². The van der Waals surface area contributed by atoms with Crippen molar-refractivity contribution in [2.45, 2.75) is 33.6 Å². The molecule has 0 radical (unpaired) electrons. The van der Waals surface area contributed by atoms with Crippen LogP contribution < -0.4 is 11.1 Å². The van der Waals surface area contributed by atoms with Crippen molar-refractivity contribution in [2.75, 3.05) is 11.1 Å². The molecule has 0 aliphatic heterocycles. The molecule has 0 spiro atoms. The average molecular weight is 292 g/mol. The largest absolute Gasteiger partial charge is 0.383 e. The maximum atomic E-state index is 13.9. The number of aryl methyl sites for hydroxylation is 1. The van der Waals surface area contributed by atoms with E-state index in [1.54, 1.807) is 6.92 Å². The first-order valence-corrected chi connectivity index (χ1v) is 6.66. The van der Waals surface area contributed by atoms with Gasteiger partial charge in [-0.25, -0.2) is 18.7 Å². The topological polar surface area (TPSA) is 63.8 Å². The number of rotatable bonds is 3. The van der Waals surface area contributed by atoms with Crippen molar-refractivity contribution in [2.24, 2.45) is 0 Å². The molecule has 0 unspecified atom stereocenters. The van der Waals surface area contributed by atoms with E-state index in [-0.39, 0.29) is 17.2 Å². The van der Waals surface area contributed by atoms with Gasteiger partial charge in [-0.2, -0.15) is 0 Å². The lowest BCUT2D eigenvalue weighted by atomic mass is 10.2. The number of nitrogens with zero attached hydrogens (tertiary/aromatic N) is 2. The van der Waals surface area contributed by atoms with E-state index in [4.69, 9.17) is 5.73 Å². The third-order valence-corrected chi connectivity index (χ3v) is 3.22. The molecular weight excluding hydrogens is 274 g/mol. The summed E-state index contributed by atoms with van der Waals surface area (Å²) >= 11 is 0. The Morgan fingerprint density at radius 3 is 2.38 bits per heavy atom. The van der Waals surface area contributed by atoms with E-state index in [0.717, 1.165) is 12.1 Å². The van der Waals surface area contributed by atoms with E-state index in [2.05, 4.69) is 15.3 Å². The fourth-order valence-corrected chi connectivity index (χ4v) is 1.80. The molecule has 21 heavy (non-hydrogen) atoms. The molecule has 2 aromatic rings. The van der Waals surface area contributed by atoms with Crippen molar-refractivity contribution in [1.82, 2.24) is 9.97 Å². The maximum absolute atomic E-state index is 13.9. The van der Waals surface area contributed by atoms with Crippen LogP contribution in [-0.2, 0) is 0 Å². The molecular formula is C15H18F2N4. The van der Waals surface area contributed by atoms with Crippen LogP contribution in [0.2, 0.25) is 0 Å². The van der Waals surface area contributed by atoms with Crippen LogP contribution in [0, 0.1) is 25.5 Å². The minimum absolute atomic E-state index is 0.0222. The van der Waals surface area contributed by atoms with E-state index >= 15 is 0 Å². The second-order valence-corrected chi connectivity index (χ2v) is 5.30. The number of hydrogen-bond acceptors (Lipinski definition) is 4. The van der Waals surface area contributed by atoms with Crippen molar-refractivity contribution in [3.05, 3.63) is 40.7 Å². The molecule has 0 fully saturated rings. The summed E-state index contributed by atoms with van der Waals surface area (Å²) in [5, 5.41) is 2.80. The van der Waals surface area contributed by atoms with Crippen LogP contribution in [0.5, 0.6) is 0 Å². The predicted octanol–water partition coefficient (Wildman–Crippen LogP) is 3.82. The number of benzene rings is 1. The summed E-state index contributed by atoms with van der Waals surface area (Å²) in [6.45, 7) is 7.09. The van der Waals surface area contributed by atoms with Gasteiger partial charge in [0.25, 0.3) is 0 Å². The zero-order valence-electron chi connectivity index (χ0n) is 12.5. The van der Waals surface area contributed by atoms with Gasteiger partial charge in [0.05, 0.1) is 5.69 Å². The summed E-state index contributed by atoms with van der Waals surface area (Å²) < 4.78 is 27.5. The zero-order valence-corrected chi connectivity index (χ0v) is 12.5.